The number of aromatic nitrogens is 1. The first-order chi connectivity index (χ1) is 10.2. The monoisotopic (exact) mass is 301 g/mol. The van der Waals surface area contributed by atoms with Crippen molar-refractivity contribution in [1.29, 1.82) is 0 Å². The van der Waals surface area contributed by atoms with Crippen LogP contribution in [-0.2, 0) is 0 Å². The molecule has 0 aliphatic carbocycles. The molecule has 4 heteroatoms. The molecule has 0 spiro atoms. The van der Waals surface area contributed by atoms with Crippen LogP contribution in [0.4, 0.5) is 5.13 Å². The molecule has 1 aliphatic rings. The van der Waals surface area contributed by atoms with Crippen molar-refractivity contribution >= 4 is 16.5 Å². The first-order valence-corrected chi connectivity index (χ1v) is 8.50. The van der Waals surface area contributed by atoms with Crippen LogP contribution in [0.1, 0.15) is 37.1 Å². The Hall–Kier alpha value is -1.39. The predicted octanol–water partition coefficient (Wildman–Crippen LogP) is 4.32. The van der Waals surface area contributed by atoms with Crippen molar-refractivity contribution in [3.05, 3.63) is 35.5 Å². The van der Waals surface area contributed by atoms with Gasteiger partial charge in [0.25, 0.3) is 0 Å². The second-order valence-corrected chi connectivity index (χ2v) is 6.73. The van der Waals surface area contributed by atoms with E-state index in [1.165, 1.54) is 41.9 Å². The summed E-state index contributed by atoms with van der Waals surface area (Å²) in [7, 11) is 1.92. The molecule has 0 amide bonds. The van der Waals surface area contributed by atoms with Crippen LogP contribution >= 0.6 is 11.3 Å². The lowest BCUT2D eigenvalue weighted by molar-refractivity contribution is 0.263. The van der Waals surface area contributed by atoms with E-state index >= 15 is 0 Å². The van der Waals surface area contributed by atoms with E-state index < -0.39 is 0 Å². The zero-order valence-electron chi connectivity index (χ0n) is 13.0. The van der Waals surface area contributed by atoms with E-state index in [4.69, 9.17) is 0 Å². The van der Waals surface area contributed by atoms with Gasteiger partial charge in [-0.2, -0.15) is 0 Å². The van der Waals surface area contributed by atoms with Gasteiger partial charge in [-0.15, -0.1) is 0 Å². The van der Waals surface area contributed by atoms with Crippen molar-refractivity contribution in [1.82, 2.24) is 9.88 Å². The predicted molar refractivity (Wildman–Crippen MR) is 91.1 cm³/mol. The molecule has 0 unspecified atom stereocenters. The van der Waals surface area contributed by atoms with Gasteiger partial charge in [0.15, 0.2) is 5.13 Å². The summed E-state index contributed by atoms with van der Waals surface area (Å²) in [5, 5.41) is 4.13. The molecule has 1 aromatic carbocycles. The first kappa shape index (κ1) is 14.5. The Labute approximate surface area is 131 Å². The molecular weight excluding hydrogens is 278 g/mol. The fraction of sp³-hybridized carbons (Fsp3) is 0.471. The fourth-order valence-electron chi connectivity index (χ4n) is 3.05. The van der Waals surface area contributed by atoms with Crippen LogP contribution in [0.5, 0.6) is 0 Å². The summed E-state index contributed by atoms with van der Waals surface area (Å²) in [6.45, 7) is 6.87. The number of likely N-dealkylation sites (tertiary alicyclic amines) is 1. The number of aryl methyl sites for hydroxylation is 1. The normalized spacial score (nSPS) is 17.1. The Bertz CT molecular complexity index is 614. The van der Waals surface area contributed by atoms with Gasteiger partial charge < -0.3 is 5.32 Å². The largest absolute Gasteiger partial charge is 0.365 e. The SMILES string of the molecule is CNc1nc(C)c(-c2cccc([C@H](C)N3CCCC3)c2)s1. The molecule has 1 saturated heterocycles. The second kappa shape index (κ2) is 6.16. The lowest BCUT2D eigenvalue weighted by Gasteiger charge is -2.24. The second-order valence-electron chi connectivity index (χ2n) is 5.73. The van der Waals surface area contributed by atoms with Crippen LogP contribution in [0.3, 0.4) is 0 Å². The number of hydrogen-bond acceptors (Lipinski definition) is 4. The van der Waals surface area contributed by atoms with Crippen molar-refractivity contribution in [2.24, 2.45) is 0 Å². The molecule has 112 valence electrons. The highest BCUT2D eigenvalue weighted by molar-refractivity contribution is 7.19. The maximum atomic E-state index is 4.55. The van der Waals surface area contributed by atoms with E-state index in [1.54, 1.807) is 11.3 Å². The van der Waals surface area contributed by atoms with Gasteiger partial charge >= 0.3 is 0 Å². The molecule has 1 atom stereocenters. The molecule has 2 heterocycles. The van der Waals surface area contributed by atoms with E-state index in [2.05, 4.69) is 53.3 Å². The molecule has 3 rings (SSSR count). The maximum absolute atomic E-state index is 4.55. The number of nitrogens with one attached hydrogen (secondary N) is 1. The zero-order chi connectivity index (χ0) is 14.8. The number of hydrogen-bond donors (Lipinski definition) is 1. The number of anilines is 1. The summed E-state index contributed by atoms with van der Waals surface area (Å²) < 4.78 is 0. The Morgan fingerprint density at radius 3 is 2.71 bits per heavy atom. The number of thiazole rings is 1. The molecule has 0 saturated carbocycles. The van der Waals surface area contributed by atoms with Crippen LogP contribution in [0.15, 0.2) is 24.3 Å². The minimum absolute atomic E-state index is 0.504. The van der Waals surface area contributed by atoms with Crippen LogP contribution in [0.25, 0.3) is 10.4 Å². The molecule has 1 N–H and O–H groups in total. The smallest absolute Gasteiger partial charge is 0.183 e. The highest BCUT2D eigenvalue weighted by Crippen LogP contribution is 2.34. The van der Waals surface area contributed by atoms with Crippen molar-refractivity contribution in [2.75, 3.05) is 25.5 Å². The molecular formula is C17H23N3S. The lowest BCUT2D eigenvalue weighted by Crippen LogP contribution is -2.23. The van der Waals surface area contributed by atoms with E-state index in [9.17, 15) is 0 Å². The van der Waals surface area contributed by atoms with E-state index in [1.807, 2.05) is 7.05 Å². The molecule has 1 aliphatic heterocycles. The van der Waals surface area contributed by atoms with Crippen LogP contribution in [0.2, 0.25) is 0 Å². The lowest BCUT2D eigenvalue weighted by atomic mass is 10.0. The van der Waals surface area contributed by atoms with Crippen LogP contribution in [0, 0.1) is 6.92 Å². The van der Waals surface area contributed by atoms with Crippen molar-refractivity contribution in [3.63, 3.8) is 0 Å². The minimum atomic E-state index is 0.504. The summed E-state index contributed by atoms with van der Waals surface area (Å²) in [6, 6.07) is 9.46. The zero-order valence-corrected chi connectivity index (χ0v) is 13.8. The van der Waals surface area contributed by atoms with Crippen molar-refractivity contribution < 1.29 is 0 Å². The Balaban J connectivity index is 1.90. The van der Waals surface area contributed by atoms with E-state index in [-0.39, 0.29) is 0 Å². The number of nitrogens with zero attached hydrogens (tertiary/aromatic N) is 2. The minimum Gasteiger partial charge on any atom is -0.365 e. The number of benzene rings is 1. The fourth-order valence-corrected chi connectivity index (χ4v) is 3.97. The summed E-state index contributed by atoms with van der Waals surface area (Å²) in [5.41, 5.74) is 3.80. The maximum Gasteiger partial charge on any atom is 0.183 e. The summed E-state index contributed by atoms with van der Waals surface area (Å²) in [6.07, 6.45) is 2.67. The molecule has 21 heavy (non-hydrogen) atoms. The van der Waals surface area contributed by atoms with Gasteiger partial charge in [-0.05, 0) is 57.0 Å². The third-order valence-corrected chi connectivity index (χ3v) is 5.55. The highest BCUT2D eigenvalue weighted by atomic mass is 32.1. The molecule has 0 bridgehead atoms. The van der Waals surface area contributed by atoms with Gasteiger partial charge in [0.1, 0.15) is 0 Å². The van der Waals surface area contributed by atoms with Gasteiger partial charge in [0, 0.05) is 13.1 Å². The van der Waals surface area contributed by atoms with Crippen LogP contribution < -0.4 is 5.32 Å². The average Bonchev–Trinajstić information content (AvgIpc) is 3.16. The average molecular weight is 301 g/mol. The van der Waals surface area contributed by atoms with Gasteiger partial charge in [-0.3, -0.25) is 4.90 Å². The quantitative estimate of drug-likeness (QED) is 0.911. The van der Waals surface area contributed by atoms with Gasteiger partial charge in [-0.25, -0.2) is 4.98 Å². The third-order valence-electron chi connectivity index (χ3n) is 4.33. The van der Waals surface area contributed by atoms with Gasteiger partial charge in [0.05, 0.1) is 10.6 Å². The van der Waals surface area contributed by atoms with Crippen molar-refractivity contribution in [3.8, 4) is 10.4 Å². The highest BCUT2D eigenvalue weighted by Gasteiger charge is 2.20. The molecule has 1 fully saturated rings. The molecule has 2 aromatic rings. The number of rotatable bonds is 4. The third kappa shape index (κ3) is 2.97. The Morgan fingerprint density at radius 1 is 1.29 bits per heavy atom. The Kier molecular flexibility index (Phi) is 4.27. The summed E-state index contributed by atoms with van der Waals surface area (Å²) in [4.78, 5) is 8.41. The summed E-state index contributed by atoms with van der Waals surface area (Å²) in [5.74, 6) is 0. The molecule has 1 aromatic heterocycles. The van der Waals surface area contributed by atoms with Crippen LogP contribution in [-0.4, -0.2) is 30.0 Å². The van der Waals surface area contributed by atoms with Crippen molar-refractivity contribution in [2.45, 2.75) is 32.7 Å². The van der Waals surface area contributed by atoms with E-state index in [0.29, 0.717) is 6.04 Å². The van der Waals surface area contributed by atoms with E-state index in [0.717, 1.165) is 10.8 Å². The Morgan fingerprint density at radius 2 is 2.05 bits per heavy atom. The summed E-state index contributed by atoms with van der Waals surface area (Å²) >= 11 is 1.73. The van der Waals surface area contributed by atoms with Gasteiger partial charge in [-0.1, -0.05) is 29.5 Å². The van der Waals surface area contributed by atoms with Gasteiger partial charge in [0.2, 0.25) is 0 Å². The standard InChI is InChI=1S/C17H23N3S/c1-12-16(21-17(18-3)19-12)15-8-6-7-14(11-15)13(2)20-9-4-5-10-20/h6-8,11,13H,4-5,9-10H2,1-3H3,(H,18,19)/t13-/m0/s1. The first-order valence-electron chi connectivity index (χ1n) is 7.68. The molecule has 3 nitrogen and oxygen atoms in total. The topological polar surface area (TPSA) is 28.2 Å². The molecule has 0 radical (unpaired) electrons.